The second-order valence-electron chi connectivity index (χ2n) is 5.45. The van der Waals surface area contributed by atoms with Gasteiger partial charge in [0.05, 0.1) is 10.7 Å². The predicted molar refractivity (Wildman–Crippen MR) is 100 cm³/mol. The first-order valence-electron chi connectivity index (χ1n) is 7.56. The zero-order chi connectivity index (χ0) is 17.8. The Morgan fingerprint density at radius 1 is 1.00 bits per heavy atom. The normalized spacial score (nSPS) is 10.6. The summed E-state index contributed by atoms with van der Waals surface area (Å²) in [6.45, 7) is 2.37. The minimum absolute atomic E-state index is 0.262. The van der Waals surface area contributed by atoms with Crippen molar-refractivity contribution in [2.24, 2.45) is 0 Å². The third-order valence-corrected chi connectivity index (χ3v) is 3.96. The average Bonchev–Trinajstić information content (AvgIpc) is 2.56. The van der Waals surface area contributed by atoms with Crippen molar-refractivity contribution in [1.82, 2.24) is 9.97 Å². The van der Waals surface area contributed by atoms with Crippen molar-refractivity contribution < 1.29 is 4.39 Å². The van der Waals surface area contributed by atoms with Crippen LogP contribution in [0, 0.1) is 12.7 Å². The Labute approximate surface area is 155 Å². The molecule has 0 bridgehead atoms. The zero-order valence-electron chi connectivity index (χ0n) is 13.4. The molecular formula is C18H15Cl2FN4. The fourth-order valence-corrected chi connectivity index (χ4v) is 2.68. The van der Waals surface area contributed by atoms with Crippen molar-refractivity contribution in [1.29, 1.82) is 0 Å². The molecule has 7 heteroatoms. The first kappa shape index (κ1) is 17.5. The third kappa shape index (κ3) is 4.81. The summed E-state index contributed by atoms with van der Waals surface area (Å²) >= 11 is 12.1. The first-order valence-corrected chi connectivity index (χ1v) is 8.31. The van der Waals surface area contributed by atoms with Crippen LogP contribution in [-0.2, 0) is 6.54 Å². The van der Waals surface area contributed by atoms with E-state index in [2.05, 4.69) is 20.6 Å². The van der Waals surface area contributed by atoms with Crippen LogP contribution in [0.15, 0.2) is 48.5 Å². The van der Waals surface area contributed by atoms with Crippen molar-refractivity contribution in [2.45, 2.75) is 13.5 Å². The van der Waals surface area contributed by atoms with Crippen LogP contribution in [0.5, 0.6) is 0 Å². The highest BCUT2D eigenvalue weighted by molar-refractivity contribution is 6.36. The largest absolute Gasteiger partial charge is 0.350 e. The van der Waals surface area contributed by atoms with Gasteiger partial charge in [0.25, 0.3) is 0 Å². The number of aryl methyl sites for hydroxylation is 1. The molecule has 0 aliphatic heterocycles. The van der Waals surface area contributed by atoms with E-state index in [1.165, 1.54) is 12.1 Å². The van der Waals surface area contributed by atoms with Crippen molar-refractivity contribution in [2.75, 3.05) is 10.6 Å². The Hall–Kier alpha value is -2.37. The number of halogens is 3. The van der Waals surface area contributed by atoms with Gasteiger partial charge in [0.15, 0.2) is 0 Å². The molecule has 0 radical (unpaired) electrons. The van der Waals surface area contributed by atoms with E-state index < -0.39 is 0 Å². The van der Waals surface area contributed by atoms with E-state index in [1.54, 1.807) is 30.3 Å². The van der Waals surface area contributed by atoms with Crippen LogP contribution in [-0.4, -0.2) is 9.97 Å². The number of benzene rings is 2. The van der Waals surface area contributed by atoms with Gasteiger partial charge < -0.3 is 10.6 Å². The SMILES string of the molecule is Cc1cc(Nc2ccc(Cl)cc2Cl)nc(NCc2ccc(F)cc2)n1. The summed E-state index contributed by atoms with van der Waals surface area (Å²) in [6, 6.07) is 13.3. The quantitative estimate of drug-likeness (QED) is 0.609. The van der Waals surface area contributed by atoms with Gasteiger partial charge in [-0.25, -0.2) is 9.37 Å². The van der Waals surface area contributed by atoms with Crippen LogP contribution in [0.25, 0.3) is 0 Å². The Balaban J connectivity index is 1.74. The maximum atomic E-state index is 12.9. The summed E-state index contributed by atoms with van der Waals surface area (Å²) in [5.41, 5.74) is 2.43. The third-order valence-electron chi connectivity index (χ3n) is 3.41. The molecule has 4 nitrogen and oxygen atoms in total. The molecule has 3 aromatic rings. The molecule has 2 aromatic carbocycles. The molecule has 0 fully saturated rings. The van der Waals surface area contributed by atoms with E-state index in [9.17, 15) is 4.39 Å². The van der Waals surface area contributed by atoms with Gasteiger partial charge in [-0.15, -0.1) is 0 Å². The van der Waals surface area contributed by atoms with Gasteiger partial charge in [-0.05, 0) is 42.8 Å². The minimum Gasteiger partial charge on any atom is -0.350 e. The fraction of sp³-hybridized carbons (Fsp3) is 0.111. The number of anilines is 3. The van der Waals surface area contributed by atoms with Gasteiger partial charge in [0, 0.05) is 23.3 Å². The van der Waals surface area contributed by atoms with E-state index in [0.717, 1.165) is 11.3 Å². The molecule has 0 aliphatic carbocycles. The van der Waals surface area contributed by atoms with Gasteiger partial charge in [-0.3, -0.25) is 0 Å². The van der Waals surface area contributed by atoms with Crippen molar-refractivity contribution in [3.63, 3.8) is 0 Å². The summed E-state index contributed by atoms with van der Waals surface area (Å²) in [7, 11) is 0. The van der Waals surface area contributed by atoms with Gasteiger partial charge in [-0.2, -0.15) is 4.98 Å². The predicted octanol–water partition coefficient (Wildman–Crippen LogP) is 5.59. The Morgan fingerprint density at radius 2 is 1.76 bits per heavy atom. The molecule has 0 unspecified atom stereocenters. The number of hydrogen-bond donors (Lipinski definition) is 2. The maximum absolute atomic E-state index is 12.9. The monoisotopic (exact) mass is 376 g/mol. The van der Waals surface area contributed by atoms with Crippen LogP contribution in [0.4, 0.5) is 21.8 Å². The van der Waals surface area contributed by atoms with Crippen LogP contribution >= 0.6 is 23.2 Å². The summed E-state index contributed by atoms with van der Waals surface area (Å²) in [5, 5.41) is 7.36. The Bertz CT molecular complexity index is 885. The van der Waals surface area contributed by atoms with Crippen molar-refractivity contribution in [3.8, 4) is 0 Å². The molecule has 1 heterocycles. The van der Waals surface area contributed by atoms with Crippen LogP contribution in [0.3, 0.4) is 0 Å². The minimum atomic E-state index is -0.262. The van der Waals surface area contributed by atoms with E-state index in [4.69, 9.17) is 23.2 Å². The molecule has 0 amide bonds. The number of rotatable bonds is 5. The molecule has 0 saturated carbocycles. The number of nitrogens with zero attached hydrogens (tertiary/aromatic N) is 2. The standard InChI is InChI=1S/C18H15Cl2FN4/c1-11-8-17(24-16-7-4-13(19)9-15(16)20)25-18(23-11)22-10-12-2-5-14(21)6-3-12/h2-9H,10H2,1H3,(H2,22,23,24,25). The molecule has 0 atom stereocenters. The summed E-state index contributed by atoms with van der Waals surface area (Å²) in [6.07, 6.45) is 0. The zero-order valence-corrected chi connectivity index (χ0v) is 14.9. The highest BCUT2D eigenvalue weighted by Crippen LogP contribution is 2.28. The van der Waals surface area contributed by atoms with Gasteiger partial charge >= 0.3 is 0 Å². The fourth-order valence-electron chi connectivity index (χ4n) is 2.22. The van der Waals surface area contributed by atoms with Gasteiger partial charge in [0.2, 0.25) is 5.95 Å². The molecule has 0 aliphatic rings. The lowest BCUT2D eigenvalue weighted by atomic mass is 10.2. The van der Waals surface area contributed by atoms with E-state index in [0.29, 0.717) is 34.0 Å². The van der Waals surface area contributed by atoms with Crippen molar-refractivity contribution in [3.05, 3.63) is 75.7 Å². The number of aromatic nitrogens is 2. The van der Waals surface area contributed by atoms with Crippen LogP contribution in [0.2, 0.25) is 10.0 Å². The van der Waals surface area contributed by atoms with Gasteiger partial charge in [0.1, 0.15) is 11.6 Å². The maximum Gasteiger partial charge on any atom is 0.225 e. The Kier molecular flexibility index (Phi) is 5.36. The molecule has 3 rings (SSSR count). The molecular weight excluding hydrogens is 362 g/mol. The summed E-state index contributed by atoms with van der Waals surface area (Å²) in [4.78, 5) is 8.78. The highest BCUT2D eigenvalue weighted by Gasteiger charge is 2.06. The number of hydrogen-bond acceptors (Lipinski definition) is 4. The second-order valence-corrected chi connectivity index (χ2v) is 6.29. The summed E-state index contributed by atoms with van der Waals surface area (Å²) < 4.78 is 12.9. The van der Waals surface area contributed by atoms with Crippen molar-refractivity contribution >= 4 is 40.7 Å². The summed E-state index contributed by atoms with van der Waals surface area (Å²) in [5.74, 6) is 0.817. The van der Waals surface area contributed by atoms with Crippen LogP contribution in [0.1, 0.15) is 11.3 Å². The lowest BCUT2D eigenvalue weighted by molar-refractivity contribution is 0.627. The number of nitrogens with one attached hydrogen (secondary N) is 2. The average molecular weight is 377 g/mol. The van der Waals surface area contributed by atoms with Gasteiger partial charge in [-0.1, -0.05) is 35.3 Å². The lowest BCUT2D eigenvalue weighted by Gasteiger charge is -2.11. The molecule has 2 N–H and O–H groups in total. The Morgan fingerprint density at radius 3 is 2.48 bits per heavy atom. The van der Waals surface area contributed by atoms with E-state index in [-0.39, 0.29) is 5.82 Å². The molecule has 25 heavy (non-hydrogen) atoms. The van der Waals surface area contributed by atoms with E-state index >= 15 is 0 Å². The highest BCUT2D eigenvalue weighted by atomic mass is 35.5. The lowest BCUT2D eigenvalue weighted by Crippen LogP contribution is -2.06. The van der Waals surface area contributed by atoms with Crippen LogP contribution < -0.4 is 10.6 Å². The molecule has 128 valence electrons. The second kappa shape index (κ2) is 7.68. The smallest absolute Gasteiger partial charge is 0.225 e. The van der Waals surface area contributed by atoms with E-state index in [1.807, 2.05) is 13.0 Å². The molecule has 0 saturated heterocycles. The topological polar surface area (TPSA) is 49.8 Å². The molecule has 0 spiro atoms. The molecule has 1 aromatic heterocycles. The first-order chi connectivity index (χ1) is 12.0.